The van der Waals surface area contributed by atoms with Crippen LogP contribution in [0.25, 0.3) is 0 Å². The third-order valence-corrected chi connectivity index (χ3v) is 2.72. The molecule has 1 rings (SSSR count). The van der Waals surface area contributed by atoms with Gasteiger partial charge in [0.15, 0.2) is 11.6 Å². The molecule has 0 saturated carbocycles. The highest BCUT2D eigenvalue weighted by molar-refractivity contribution is 7.94. The van der Waals surface area contributed by atoms with Crippen molar-refractivity contribution in [3.8, 4) is 5.75 Å². The zero-order valence-electron chi connectivity index (χ0n) is 10.2. The molecular weight excluding hydrogens is 304 g/mol. The van der Waals surface area contributed by atoms with Crippen molar-refractivity contribution in [3.05, 3.63) is 35.6 Å². The maximum Gasteiger partial charge on any atom is 0.205 e. The van der Waals surface area contributed by atoms with Gasteiger partial charge in [0.05, 0.1) is 18.3 Å². The first-order valence-electron chi connectivity index (χ1n) is 5.36. The van der Waals surface area contributed by atoms with E-state index >= 15 is 0 Å². The van der Waals surface area contributed by atoms with E-state index in [0.29, 0.717) is 6.42 Å². The summed E-state index contributed by atoms with van der Waals surface area (Å²) >= 11 is -0.233. The average Bonchev–Trinajstić information content (AvgIpc) is 2.44. The minimum absolute atomic E-state index is 0.233. The molecule has 0 fully saturated rings. The topological polar surface area (TPSA) is 47.9 Å². The van der Waals surface area contributed by atoms with Crippen LogP contribution in [0, 0.1) is 23.3 Å². The first-order chi connectivity index (χ1) is 9.54. The second-order valence-electron chi connectivity index (χ2n) is 3.42. The van der Waals surface area contributed by atoms with Crippen LogP contribution in [0.3, 0.4) is 0 Å². The lowest BCUT2D eigenvalue weighted by molar-refractivity contribution is -0.432. The average molecular weight is 314 g/mol. The van der Waals surface area contributed by atoms with Gasteiger partial charge in [0.25, 0.3) is 0 Å². The van der Waals surface area contributed by atoms with Crippen LogP contribution in [0.2, 0.25) is 0 Å². The van der Waals surface area contributed by atoms with Crippen molar-refractivity contribution in [1.82, 2.24) is 0 Å². The van der Waals surface area contributed by atoms with Crippen LogP contribution in [0.4, 0.5) is 17.6 Å². The molecule has 1 aromatic carbocycles. The van der Waals surface area contributed by atoms with Gasteiger partial charge in [-0.05, 0) is 12.5 Å². The predicted molar refractivity (Wildman–Crippen MR) is 61.6 cm³/mol. The first kappa shape index (κ1) is 16.8. The molecule has 0 heterocycles. The summed E-state index contributed by atoms with van der Waals surface area (Å²) in [5.41, 5.74) is 0. The van der Waals surface area contributed by atoms with Gasteiger partial charge in [-0.25, -0.2) is 14.0 Å². The molecule has 0 aliphatic heterocycles. The van der Waals surface area contributed by atoms with Crippen molar-refractivity contribution in [2.75, 3.05) is 0 Å². The van der Waals surface area contributed by atoms with Crippen molar-refractivity contribution in [1.29, 1.82) is 0 Å². The first-order valence-corrected chi connectivity index (χ1v) is 6.11. The highest BCUT2D eigenvalue weighted by Crippen LogP contribution is 2.35. The molecule has 20 heavy (non-hydrogen) atoms. The maximum atomic E-state index is 13.5. The van der Waals surface area contributed by atoms with E-state index < -0.39 is 33.9 Å². The van der Waals surface area contributed by atoms with Crippen LogP contribution in [0.1, 0.15) is 19.8 Å². The van der Waals surface area contributed by atoms with Gasteiger partial charge in [0, 0.05) is 0 Å². The summed E-state index contributed by atoms with van der Waals surface area (Å²) in [4.78, 5) is -1.15. The van der Waals surface area contributed by atoms with E-state index in [9.17, 15) is 17.6 Å². The summed E-state index contributed by atoms with van der Waals surface area (Å²) < 4.78 is 62.3. The number of ether oxygens (including phenoxy) is 1. The molecular formula is C11H10F4O4S. The molecule has 0 aromatic heterocycles. The quantitative estimate of drug-likeness (QED) is 0.202. The smallest absolute Gasteiger partial charge is 0.205 e. The van der Waals surface area contributed by atoms with Crippen LogP contribution in [-0.4, -0.2) is 5.26 Å². The zero-order chi connectivity index (χ0) is 15.1. The van der Waals surface area contributed by atoms with Crippen molar-refractivity contribution in [2.24, 2.45) is 0 Å². The number of benzene rings is 1. The number of allylic oxidation sites excluding steroid dienone is 1. The fourth-order valence-electron chi connectivity index (χ4n) is 1.17. The molecule has 9 heteroatoms. The largest absolute Gasteiger partial charge is 0.459 e. The van der Waals surface area contributed by atoms with Crippen LogP contribution < -0.4 is 4.74 Å². The summed E-state index contributed by atoms with van der Waals surface area (Å²) in [6.45, 7) is 1.86. The van der Waals surface area contributed by atoms with Gasteiger partial charge in [-0.2, -0.15) is 8.78 Å². The second kappa shape index (κ2) is 8.10. The van der Waals surface area contributed by atoms with E-state index in [1.165, 1.54) is 6.08 Å². The van der Waals surface area contributed by atoms with Crippen molar-refractivity contribution < 1.29 is 36.9 Å². The predicted octanol–water partition coefficient (Wildman–Crippen LogP) is 4.36. The standard InChI is InChI=1S/C11H10F4O4S/c1-2-3-4-5-17-10-6(12)8(14)11(20-19-18-16)9(15)7(10)13/h4-5,16H,2-3H2,1H3/b5-4+. The van der Waals surface area contributed by atoms with E-state index in [-0.39, 0.29) is 12.0 Å². The molecule has 0 bridgehead atoms. The molecule has 0 unspecified atom stereocenters. The molecule has 0 aliphatic carbocycles. The van der Waals surface area contributed by atoms with Gasteiger partial charge in [-0.1, -0.05) is 18.4 Å². The van der Waals surface area contributed by atoms with E-state index in [2.05, 4.69) is 14.1 Å². The Bertz CT molecular complexity index is 467. The highest BCUT2D eigenvalue weighted by Gasteiger charge is 2.27. The molecule has 112 valence electrons. The molecule has 4 nitrogen and oxygen atoms in total. The van der Waals surface area contributed by atoms with Gasteiger partial charge in [-0.15, -0.1) is 4.33 Å². The number of unbranched alkanes of at least 4 members (excludes halogenated alkanes) is 1. The van der Waals surface area contributed by atoms with Crippen LogP contribution in [0.5, 0.6) is 5.75 Å². The van der Waals surface area contributed by atoms with E-state index in [1.807, 2.05) is 6.92 Å². The van der Waals surface area contributed by atoms with Gasteiger partial charge in [0.1, 0.15) is 4.90 Å². The fraction of sp³-hybridized carbons (Fsp3) is 0.273. The lowest BCUT2D eigenvalue weighted by Crippen LogP contribution is -2.03. The van der Waals surface area contributed by atoms with Crippen molar-refractivity contribution >= 4 is 12.0 Å². The van der Waals surface area contributed by atoms with Gasteiger partial charge < -0.3 is 4.74 Å². The van der Waals surface area contributed by atoms with Gasteiger partial charge in [-0.3, -0.25) is 0 Å². The second-order valence-corrected chi connectivity index (χ2v) is 4.13. The summed E-state index contributed by atoms with van der Waals surface area (Å²) in [7, 11) is 0. The summed E-state index contributed by atoms with van der Waals surface area (Å²) in [5, 5.41) is 11.0. The summed E-state index contributed by atoms with van der Waals surface area (Å²) in [6.07, 6.45) is 3.72. The van der Waals surface area contributed by atoms with Crippen LogP contribution >= 0.6 is 12.0 Å². The molecule has 0 radical (unpaired) electrons. The Morgan fingerprint density at radius 1 is 1.10 bits per heavy atom. The van der Waals surface area contributed by atoms with Crippen molar-refractivity contribution in [3.63, 3.8) is 0 Å². The Morgan fingerprint density at radius 3 is 2.20 bits per heavy atom. The number of hydrogen-bond donors (Lipinski definition) is 1. The summed E-state index contributed by atoms with van der Waals surface area (Å²) in [6, 6.07) is 0. The summed E-state index contributed by atoms with van der Waals surface area (Å²) in [5.74, 6) is -8.13. The molecule has 0 aliphatic rings. The monoisotopic (exact) mass is 314 g/mol. The Balaban J connectivity index is 3.08. The third kappa shape index (κ3) is 3.85. The lowest BCUT2D eigenvalue weighted by Gasteiger charge is -2.09. The highest BCUT2D eigenvalue weighted by atomic mass is 32.2. The van der Waals surface area contributed by atoms with Crippen molar-refractivity contribution in [2.45, 2.75) is 24.7 Å². The zero-order valence-corrected chi connectivity index (χ0v) is 11.0. The van der Waals surface area contributed by atoms with E-state index in [0.717, 1.165) is 12.7 Å². The number of halogens is 4. The Kier molecular flexibility index (Phi) is 6.79. The van der Waals surface area contributed by atoms with Gasteiger partial charge >= 0.3 is 0 Å². The van der Waals surface area contributed by atoms with Crippen LogP contribution in [-0.2, 0) is 9.37 Å². The molecule has 0 spiro atoms. The SMILES string of the molecule is CCC/C=C/Oc1c(F)c(F)c(SOOO)c(F)c1F. The molecule has 0 saturated heterocycles. The van der Waals surface area contributed by atoms with Gasteiger partial charge in [0.2, 0.25) is 17.4 Å². The Hall–Kier alpha value is -1.29. The minimum atomic E-state index is -1.73. The number of hydrogen-bond acceptors (Lipinski definition) is 5. The van der Waals surface area contributed by atoms with E-state index in [1.54, 1.807) is 0 Å². The maximum absolute atomic E-state index is 13.5. The third-order valence-electron chi connectivity index (χ3n) is 2.07. The normalized spacial score (nSPS) is 11.3. The fourth-order valence-corrected chi connectivity index (χ4v) is 1.59. The lowest BCUT2D eigenvalue weighted by atomic mass is 10.3. The molecule has 0 amide bonds. The Labute approximate surface area is 116 Å². The molecule has 0 atom stereocenters. The van der Waals surface area contributed by atoms with Crippen LogP contribution in [0.15, 0.2) is 17.2 Å². The Morgan fingerprint density at radius 2 is 1.70 bits per heavy atom. The minimum Gasteiger partial charge on any atom is -0.459 e. The molecule has 1 aromatic rings. The number of rotatable bonds is 7. The van der Waals surface area contributed by atoms with E-state index in [4.69, 9.17) is 5.26 Å². The molecule has 1 N–H and O–H groups in total.